The van der Waals surface area contributed by atoms with Crippen LogP contribution < -0.4 is 10.5 Å². The van der Waals surface area contributed by atoms with Gasteiger partial charge in [-0.25, -0.2) is 4.98 Å². The first-order valence-electron chi connectivity index (χ1n) is 5.72. The molecule has 2 aromatic rings. The van der Waals surface area contributed by atoms with Crippen molar-refractivity contribution in [1.29, 1.82) is 0 Å². The van der Waals surface area contributed by atoms with E-state index in [-0.39, 0.29) is 0 Å². The van der Waals surface area contributed by atoms with E-state index in [0.717, 1.165) is 35.8 Å². The number of nitrogens with zero attached hydrogens (tertiary/aromatic N) is 2. The lowest BCUT2D eigenvalue weighted by atomic mass is 10.2. The van der Waals surface area contributed by atoms with Gasteiger partial charge in [0.15, 0.2) is 0 Å². The summed E-state index contributed by atoms with van der Waals surface area (Å²) in [5.41, 5.74) is 7.64. The lowest BCUT2D eigenvalue weighted by molar-refractivity contribution is 0.414. The molecule has 4 nitrogen and oxygen atoms in total. The Balaban J connectivity index is 2.47. The summed E-state index contributed by atoms with van der Waals surface area (Å²) < 4.78 is 7.23. The van der Waals surface area contributed by atoms with Crippen LogP contribution in [-0.4, -0.2) is 16.7 Å². The Morgan fingerprint density at radius 1 is 1.41 bits per heavy atom. The smallest absolute Gasteiger partial charge is 0.121 e. The molecule has 0 atom stereocenters. The van der Waals surface area contributed by atoms with Gasteiger partial charge in [-0.15, -0.1) is 0 Å². The Bertz CT molecular complexity index is 505. The number of aromatic nitrogens is 2. The second-order valence-electron chi connectivity index (χ2n) is 3.89. The van der Waals surface area contributed by atoms with Crippen LogP contribution >= 0.6 is 0 Å². The summed E-state index contributed by atoms with van der Waals surface area (Å²) in [4.78, 5) is 4.35. The normalized spacial score (nSPS) is 10.5. The van der Waals surface area contributed by atoms with Crippen LogP contribution in [0.1, 0.15) is 19.2 Å². The maximum atomic E-state index is 6.00. The van der Waals surface area contributed by atoms with Crippen molar-refractivity contribution in [2.24, 2.45) is 0 Å². The van der Waals surface area contributed by atoms with Crippen molar-refractivity contribution in [3.63, 3.8) is 0 Å². The first-order valence-corrected chi connectivity index (χ1v) is 5.72. The van der Waals surface area contributed by atoms with Gasteiger partial charge in [-0.05, 0) is 18.6 Å². The fourth-order valence-electron chi connectivity index (χ4n) is 1.82. The van der Waals surface area contributed by atoms with Crippen molar-refractivity contribution < 1.29 is 4.74 Å². The molecule has 4 heteroatoms. The third-order valence-corrected chi connectivity index (χ3v) is 2.69. The number of aryl methyl sites for hydroxylation is 1. The topological polar surface area (TPSA) is 53.1 Å². The van der Waals surface area contributed by atoms with E-state index in [4.69, 9.17) is 10.5 Å². The van der Waals surface area contributed by atoms with E-state index in [1.165, 1.54) is 0 Å². The van der Waals surface area contributed by atoms with Crippen molar-refractivity contribution in [3.8, 4) is 11.4 Å². The van der Waals surface area contributed by atoms with E-state index < -0.39 is 0 Å². The quantitative estimate of drug-likeness (QED) is 0.822. The molecule has 0 aliphatic heterocycles. The van der Waals surface area contributed by atoms with Crippen molar-refractivity contribution >= 4 is 5.69 Å². The first-order chi connectivity index (χ1) is 8.26. The third kappa shape index (κ3) is 2.25. The van der Waals surface area contributed by atoms with Crippen molar-refractivity contribution in [3.05, 3.63) is 36.4 Å². The average Bonchev–Trinajstić information content (AvgIpc) is 2.78. The molecule has 0 saturated carbocycles. The molecule has 0 unspecified atom stereocenters. The number of rotatable bonds is 4. The molecule has 2 rings (SSSR count). The van der Waals surface area contributed by atoms with Gasteiger partial charge in [-0.1, -0.05) is 6.92 Å². The molecule has 1 heterocycles. The highest BCUT2D eigenvalue weighted by Crippen LogP contribution is 2.24. The molecule has 2 N–H and O–H groups in total. The molecule has 0 aliphatic rings. The van der Waals surface area contributed by atoms with Crippen LogP contribution in [0.4, 0.5) is 5.69 Å². The zero-order chi connectivity index (χ0) is 12.3. The van der Waals surface area contributed by atoms with Crippen LogP contribution in [0.2, 0.25) is 0 Å². The van der Waals surface area contributed by atoms with E-state index in [9.17, 15) is 0 Å². The summed E-state index contributed by atoms with van der Waals surface area (Å²) in [5, 5.41) is 0. The predicted octanol–water partition coefficient (Wildman–Crippen LogP) is 2.42. The summed E-state index contributed by atoms with van der Waals surface area (Å²) in [7, 11) is 1.65. The molecule has 0 aliphatic carbocycles. The van der Waals surface area contributed by atoms with Gasteiger partial charge in [0.1, 0.15) is 11.6 Å². The molecule has 0 radical (unpaired) electrons. The van der Waals surface area contributed by atoms with Crippen molar-refractivity contribution in [2.75, 3.05) is 12.8 Å². The summed E-state index contributed by atoms with van der Waals surface area (Å²) >= 11 is 0. The number of ether oxygens (including phenoxy) is 1. The summed E-state index contributed by atoms with van der Waals surface area (Å²) in [6.45, 7) is 2.13. The number of anilines is 1. The third-order valence-electron chi connectivity index (χ3n) is 2.69. The second kappa shape index (κ2) is 4.91. The molecule has 0 spiro atoms. The Morgan fingerprint density at radius 3 is 2.94 bits per heavy atom. The van der Waals surface area contributed by atoms with Gasteiger partial charge in [0.05, 0.1) is 18.5 Å². The van der Waals surface area contributed by atoms with Crippen molar-refractivity contribution in [1.82, 2.24) is 9.55 Å². The molecule has 0 amide bonds. The zero-order valence-corrected chi connectivity index (χ0v) is 10.2. The van der Waals surface area contributed by atoms with Gasteiger partial charge in [0.25, 0.3) is 0 Å². The van der Waals surface area contributed by atoms with Gasteiger partial charge in [-0.3, -0.25) is 0 Å². The lowest BCUT2D eigenvalue weighted by Crippen LogP contribution is -2.04. The van der Waals surface area contributed by atoms with Gasteiger partial charge in [0.2, 0.25) is 0 Å². The van der Waals surface area contributed by atoms with E-state index >= 15 is 0 Å². The largest absolute Gasteiger partial charge is 0.497 e. The lowest BCUT2D eigenvalue weighted by Gasteiger charge is -2.11. The molecule has 0 bridgehead atoms. The highest BCUT2D eigenvalue weighted by molar-refractivity contribution is 5.61. The minimum Gasteiger partial charge on any atom is -0.497 e. The maximum Gasteiger partial charge on any atom is 0.121 e. The molecular weight excluding hydrogens is 214 g/mol. The van der Waals surface area contributed by atoms with Crippen LogP contribution in [0.5, 0.6) is 5.75 Å². The van der Waals surface area contributed by atoms with Crippen LogP contribution in [0, 0.1) is 0 Å². The van der Waals surface area contributed by atoms with E-state index in [2.05, 4.69) is 11.9 Å². The molecule has 1 aromatic carbocycles. The molecule has 1 aromatic heterocycles. The second-order valence-corrected chi connectivity index (χ2v) is 3.89. The minimum absolute atomic E-state index is 0.723. The fourth-order valence-corrected chi connectivity index (χ4v) is 1.82. The Morgan fingerprint density at radius 2 is 2.24 bits per heavy atom. The highest BCUT2D eigenvalue weighted by atomic mass is 16.5. The zero-order valence-electron chi connectivity index (χ0n) is 10.2. The summed E-state index contributed by atoms with van der Waals surface area (Å²) in [6, 6.07) is 5.63. The Kier molecular flexibility index (Phi) is 3.32. The van der Waals surface area contributed by atoms with Gasteiger partial charge in [-0.2, -0.15) is 0 Å². The first kappa shape index (κ1) is 11.5. The molecule has 17 heavy (non-hydrogen) atoms. The number of hydrogen-bond donors (Lipinski definition) is 1. The molecular formula is C13H17N3O. The maximum absolute atomic E-state index is 6.00. The van der Waals surface area contributed by atoms with Crippen LogP contribution in [0.15, 0.2) is 30.6 Å². The number of hydrogen-bond acceptors (Lipinski definition) is 3. The number of imidazole rings is 1. The Labute approximate surface area is 101 Å². The molecule has 0 saturated heterocycles. The standard InChI is InChI=1S/C13H17N3O/c1-3-4-13-15-7-8-16(13)12-9-10(17-2)5-6-11(12)14/h5-9H,3-4,14H2,1-2H3. The summed E-state index contributed by atoms with van der Waals surface area (Å²) in [6.07, 6.45) is 5.71. The molecule has 90 valence electrons. The monoisotopic (exact) mass is 231 g/mol. The predicted molar refractivity (Wildman–Crippen MR) is 68.5 cm³/mol. The number of nitrogens with two attached hydrogens (primary N) is 1. The number of benzene rings is 1. The number of methoxy groups -OCH3 is 1. The van der Waals surface area contributed by atoms with Gasteiger partial charge < -0.3 is 15.0 Å². The Hall–Kier alpha value is -1.97. The number of nitrogen functional groups attached to an aromatic ring is 1. The van der Waals surface area contributed by atoms with Gasteiger partial charge in [0, 0.05) is 24.9 Å². The minimum atomic E-state index is 0.723. The average molecular weight is 231 g/mol. The van der Waals surface area contributed by atoms with E-state index in [1.807, 2.05) is 29.0 Å². The van der Waals surface area contributed by atoms with E-state index in [0.29, 0.717) is 0 Å². The highest BCUT2D eigenvalue weighted by Gasteiger charge is 2.08. The van der Waals surface area contributed by atoms with Gasteiger partial charge >= 0.3 is 0 Å². The molecule has 0 fully saturated rings. The van der Waals surface area contributed by atoms with E-state index in [1.54, 1.807) is 13.3 Å². The summed E-state index contributed by atoms with van der Waals surface area (Å²) in [5.74, 6) is 1.82. The fraction of sp³-hybridized carbons (Fsp3) is 0.308. The van der Waals surface area contributed by atoms with Crippen LogP contribution in [0.25, 0.3) is 5.69 Å². The van der Waals surface area contributed by atoms with Crippen LogP contribution in [-0.2, 0) is 6.42 Å². The van der Waals surface area contributed by atoms with Crippen molar-refractivity contribution in [2.45, 2.75) is 19.8 Å². The van der Waals surface area contributed by atoms with Crippen LogP contribution in [0.3, 0.4) is 0 Å². The SMILES string of the molecule is CCCc1nccn1-c1cc(OC)ccc1N.